The average Bonchev–Trinajstić information content (AvgIpc) is 3.03. The van der Waals surface area contributed by atoms with Crippen molar-refractivity contribution in [3.63, 3.8) is 0 Å². The van der Waals surface area contributed by atoms with Crippen molar-refractivity contribution in [2.24, 2.45) is 0 Å². The Bertz CT molecular complexity index is 688. The van der Waals surface area contributed by atoms with Crippen LogP contribution in [0.1, 0.15) is 5.56 Å². The molecular formula is C18H20N2O3. The number of nitrogens with zero attached hydrogens (tertiary/aromatic N) is 2. The topological polar surface area (TPSA) is 42.0 Å². The molecule has 23 heavy (non-hydrogen) atoms. The number of carbonyl (C=O) groups excluding carboxylic acids is 1. The van der Waals surface area contributed by atoms with E-state index in [0.717, 1.165) is 22.7 Å². The van der Waals surface area contributed by atoms with Crippen LogP contribution in [0.25, 0.3) is 0 Å². The summed E-state index contributed by atoms with van der Waals surface area (Å²) in [7, 11) is 3.73. The monoisotopic (exact) mass is 312 g/mol. The number of hydrogen-bond donors (Lipinski definition) is 0. The fraction of sp³-hybridized carbons (Fsp3) is 0.278. The van der Waals surface area contributed by atoms with Crippen LogP contribution in [0.5, 0.6) is 11.5 Å². The lowest BCUT2D eigenvalue weighted by molar-refractivity contribution is -0.128. The molecule has 0 saturated carbocycles. The van der Waals surface area contributed by atoms with Gasteiger partial charge >= 0.3 is 0 Å². The SMILES string of the molecule is CN(Cc1ccc2c(c1)OCO2)C(=O)CN(C)c1ccccc1. The Morgan fingerprint density at radius 2 is 1.78 bits per heavy atom. The lowest BCUT2D eigenvalue weighted by Gasteiger charge is -2.23. The fourth-order valence-corrected chi connectivity index (χ4v) is 2.50. The number of likely N-dealkylation sites (N-methyl/N-ethyl adjacent to an activating group) is 2. The predicted molar refractivity (Wildman–Crippen MR) is 88.8 cm³/mol. The second-order valence-electron chi connectivity index (χ2n) is 5.63. The van der Waals surface area contributed by atoms with Gasteiger partial charge in [-0.2, -0.15) is 0 Å². The van der Waals surface area contributed by atoms with Gasteiger partial charge in [0.05, 0.1) is 6.54 Å². The maximum atomic E-state index is 12.4. The van der Waals surface area contributed by atoms with Crippen molar-refractivity contribution in [3.8, 4) is 11.5 Å². The normalized spacial score (nSPS) is 12.1. The van der Waals surface area contributed by atoms with Crippen molar-refractivity contribution in [2.45, 2.75) is 6.54 Å². The lowest BCUT2D eigenvalue weighted by atomic mass is 10.2. The highest BCUT2D eigenvalue weighted by Gasteiger charge is 2.16. The molecule has 2 aromatic carbocycles. The van der Waals surface area contributed by atoms with Gasteiger partial charge in [0.15, 0.2) is 11.5 Å². The second kappa shape index (κ2) is 6.60. The predicted octanol–water partition coefficient (Wildman–Crippen LogP) is 2.51. The summed E-state index contributed by atoms with van der Waals surface area (Å²) in [5.74, 6) is 1.56. The molecule has 0 fully saturated rings. The highest BCUT2D eigenvalue weighted by atomic mass is 16.7. The molecule has 1 amide bonds. The number of ether oxygens (including phenoxy) is 2. The number of fused-ring (bicyclic) bond motifs is 1. The molecule has 0 atom stereocenters. The van der Waals surface area contributed by atoms with Gasteiger partial charge in [-0.25, -0.2) is 0 Å². The zero-order valence-electron chi connectivity index (χ0n) is 13.4. The molecule has 120 valence electrons. The van der Waals surface area contributed by atoms with Gasteiger partial charge in [0, 0.05) is 26.3 Å². The van der Waals surface area contributed by atoms with Crippen LogP contribution in [0.4, 0.5) is 5.69 Å². The number of para-hydroxylation sites is 1. The summed E-state index contributed by atoms with van der Waals surface area (Å²) in [6, 6.07) is 15.6. The molecule has 3 rings (SSSR count). The van der Waals surface area contributed by atoms with E-state index in [1.54, 1.807) is 4.90 Å². The minimum Gasteiger partial charge on any atom is -0.454 e. The van der Waals surface area contributed by atoms with Crippen molar-refractivity contribution < 1.29 is 14.3 Å². The number of hydrogen-bond acceptors (Lipinski definition) is 4. The van der Waals surface area contributed by atoms with Crippen LogP contribution in [0.3, 0.4) is 0 Å². The Kier molecular flexibility index (Phi) is 4.37. The lowest BCUT2D eigenvalue weighted by Crippen LogP contribution is -2.36. The largest absolute Gasteiger partial charge is 0.454 e. The van der Waals surface area contributed by atoms with Crippen molar-refractivity contribution in [3.05, 3.63) is 54.1 Å². The van der Waals surface area contributed by atoms with E-state index in [4.69, 9.17) is 9.47 Å². The zero-order valence-corrected chi connectivity index (χ0v) is 13.4. The van der Waals surface area contributed by atoms with Crippen LogP contribution < -0.4 is 14.4 Å². The highest BCUT2D eigenvalue weighted by molar-refractivity contribution is 5.81. The molecule has 0 N–H and O–H groups in total. The molecule has 0 saturated heterocycles. The van der Waals surface area contributed by atoms with Crippen molar-refractivity contribution in [1.29, 1.82) is 0 Å². The number of carbonyl (C=O) groups is 1. The maximum absolute atomic E-state index is 12.4. The Morgan fingerprint density at radius 3 is 2.57 bits per heavy atom. The number of amides is 1. The van der Waals surface area contributed by atoms with E-state index in [-0.39, 0.29) is 12.7 Å². The second-order valence-corrected chi connectivity index (χ2v) is 5.63. The Hall–Kier alpha value is -2.69. The first kappa shape index (κ1) is 15.2. The van der Waals surface area contributed by atoms with E-state index in [0.29, 0.717) is 13.1 Å². The van der Waals surface area contributed by atoms with Gasteiger partial charge in [-0.1, -0.05) is 24.3 Å². The molecule has 0 unspecified atom stereocenters. The minimum absolute atomic E-state index is 0.0639. The van der Waals surface area contributed by atoms with Crippen molar-refractivity contribution >= 4 is 11.6 Å². The van der Waals surface area contributed by atoms with Crippen LogP contribution in [0, 0.1) is 0 Å². The first-order chi connectivity index (χ1) is 11.1. The van der Waals surface area contributed by atoms with E-state index in [1.165, 1.54) is 0 Å². The smallest absolute Gasteiger partial charge is 0.242 e. The molecular weight excluding hydrogens is 292 g/mol. The summed E-state index contributed by atoms with van der Waals surface area (Å²) in [6.45, 7) is 1.14. The van der Waals surface area contributed by atoms with Gasteiger partial charge in [0.25, 0.3) is 0 Å². The third-order valence-electron chi connectivity index (χ3n) is 3.85. The molecule has 1 heterocycles. The van der Waals surface area contributed by atoms with Gasteiger partial charge in [0.2, 0.25) is 12.7 Å². The first-order valence-corrected chi connectivity index (χ1v) is 7.52. The molecule has 0 aliphatic carbocycles. The van der Waals surface area contributed by atoms with Crippen molar-refractivity contribution in [1.82, 2.24) is 4.90 Å². The van der Waals surface area contributed by atoms with Gasteiger partial charge in [-0.15, -0.1) is 0 Å². The van der Waals surface area contributed by atoms with Crippen LogP contribution >= 0.6 is 0 Å². The fourth-order valence-electron chi connectivity index (χ4n) is 2.50. The quantitative estimate of drug-likeness (QED) is 0.851. The summed E-state index contributed by atoms with van der Waals surface area (Å²) >= 11 is 0. The van der Waals surface area contributed by atoms with Gasteiger partial charge in [-0.3, -0.25) is 4.79 Å². The number of rotatable bonds is 5. The summed E-state index contributed by atoms with van der Waals surface area (Å²) < 4.78 is 10.7. The molecule has 0 spiro atoms. The first-order valence-electron chi connectivity index (χ1n) is 7.52. The van der Waals surface area contributed by atoms with Gasteiger partial charge in [0.1, 0.15) is 0 Å². The Labute approximate surface area is 136 Å². The Morgan fingerprint density at radius 1 is 1.04 bits per heavy atom. The molecule has 0 aromatic heterocycles. The van der Waals surface area contributed by atoms with E-state index in [1.807, 2.05) is 67.5 Å². The molecule has 1 aliphatic rings. The molecule has 0 bridgehead atoms. The van der Waals surface area contributed by atoms with Crippen LogP contribution in [-0.4, -0.2) is 38.2 Å². The molecule has 2 aromatic rings. The van der Waals surface area contributed by atoms with E-state index >= 15 is 0 Å². The standard InChI is InChI=1S/C18H20N2O3/c1-19(15-6-4-3-5-7-15)12-18(21)20(2)11-14-8-9-16-17(10-14)23-13-22-16/h3-10H,11-13H2,1-2H3. The maximum Gasteiger partial charge on any atom is 0.242 e. The zero-order chi connectivity index (χ0) is 16.2. The van der Waals surface area contributed by atoms with E-state index in [9.17, 15) is 4.79 Å². The third-order valence-corrected chi connectivity index (χ3v) is 3.85. The van der Waals surface area contributed by atoms with E-state index in [2.05, 4.69) is 0 Å². The summed E-state index contributed by atoms with van der Waals surface area (Å²) in [4.78, 5) is 16.1. The molecule has 5 heteroatoms. The summed E-state index contributed by atoms with van der Waals surface area (Å²) in [5, 5.41) is 0. The van der Waals surface area contributed by atoms with Crippen LogP contribution in [-0.2, 0) is 11.3 Å². The molecule has 1 aliphatic heterocycles. The van der Waals surface area contributed by atoms with E-state index < -0.39 is 0 Å². The van der Waals surface area contributed by atoms with Crippen LogP contribution in [0.2, 0.25) is 0 Å². The third kappa shape index (κ3) is 3.56. The van der Waals surface area contributed by atoms with Gasteiger partial charge < -0.3 is 19.3 Å². The van der Waals surface area contributed by atoms with Crippen molar-refractivity contribution in [2.75, 3.05) is 32.3 Å². The number of anilines is 1. The summed E-state index contributed by atoms with van der Waals surface area (Å²) in [5.41, 5.74) is 2.05. The minimum atomic E-state index is 0.0639. The highest BCUT2D eigenvalue weighted by Crippen LogP contribution is 2.32. The number of benzene rings is 2. The van der Waals surface area contributed by atoms with Crippen LogP contribution in [0.15, 0.2) is 48.5 Å². The average molecular weight is 312 g/mol. The molecule has 0 radical (unpaired) electrons. The van der Waals surface area contributed by atoms with Gasteiger partial charge in [-0.05, 0) is 29.8 Å². The summed E-state index contributed by atoms with van der Waals surface area (Å²) in [6.07, 6.45) is 0. The molecule has 5 nitrogen and oxygen atoms in total. The Balaban J connectivity index is 1.59.